The number of aryl methyl sites for hydroxylation is 1. The van der Waals surface area contributed by atoms with Crippen molar-refractivity contribution in [3.63, 3.8) is 0 Å². The lowest BCUT2D eigenvalue weighted by Gasteiger charge is -2.30. The van der Waals surface area contributed by atoms with E-state index in [0.717, 1.165) is 19.5 Å². The third kappa shape index (κ3) is 4.11. The minimum Gasteiger partial charge on any atom is -0.396 e. The standard InChI is InChI=1S/C14H24N2O/c1-3-16(8-5-9-17)14(11-15)13-7-4-6-12(2)10-13/h4,6-7,10,14,17H,3,5,8-9,11,15H2,1-2H3. The molecular formula is C14H24N2O. The van der Waals surface area contributed by atoms with Crippen LogP contribution in [-0.2, 0) is 0 Å². The average Bonchev–Trinajstić information content (AvgIpc) is 2.34. The summed E-state index contributed by atoms with van der Waals surface area (Å²) in [6.45, 7) is 6.93. The molecule has 0 fully saturated rings. The maximum Gasteiger partial charge on any atom is 0.0470 e. The molecule has 0 aliphatic heterocycles. The van der Waals surface area contributed by atoms with Crippen LogP contribution in [0.15, 0.2) is 24.3 Å². The molecule has 0 bridgehead atoms. The van der Waals surface area contributed by atoms with E-state index in [1.54, 1.807) is 0 Å². The quantitative estimate of drug-likeness (QED) is 0.757. The summed E-state index contributed by atoms with van der Waals surface area (Å²) in [6.07, 6.45) is 0.802. The van der Waals surface area contributed by atoms with Crippen LogP contribution in [0.1, 0.15) is 30.5 Å². The third-order valence-corrected chi connectivity index (χ3v) is 3.10. The molecule has 3 nitrogen and oxygen atoms in total. The molecule has 0 radical (unpaired) electrons. The molecule has 0 amide bonds. The molecule has 0 saturated carbocycles. The predicted molar refractivity (Wildman–Crippen MR) is 71.9 cm³/mol. The van der Waals surface area contributed by atoms with Crippen LogP contribution in [0.2, 0.25) is 0 Å². The first kappa shape index (κ1) is 14.2. The highest BCUT2D eigenvalue weighted by Crippen LogP contribution is 2.20. The van der Waals surface area contributed by atoms with Gasteiger partial charge in [0.1, 0.15) is 0 Å². The van der Waals surface area contributed by atoms with Crippen molar-refractivity contribution in [1.29, 1.82) is 0 Å². The van der Waals surface area contributed by atoms with Gasteiger partial charge in [0.15, 0.2) is 0 Å². The highest BCUT2D eigenvalue weighted by Gasteiger charge is 2.16. The molecule has 96 valence electrons. The van der Waals surface area contributed by atoms with E-state index in [1.807, 2.05) is 0 Å². The van der Waals surface area contributed by atoms with Gasteiger partial charge in [-0.2, -0.15) is 0 Å². The zero-order valence-corrected chi connectivity index (χ0v) is 10.9. The number of hydrogen-bond donors (Lipinski definition) is 2. The molecule has 0 aromatic heterocycles. The Hall–Kier alpha value is -0.900. The first-order chi connectivity index (χ1) is 8.22. The van der Waals surface area contributed by atoms with Crippen molar-refractivity contribution in [3.8, 4) is 0 Å². The molecule has 1 unspecified atom stereocenters. The average molecular weight is 236 g/mol. The highest BCUT2D eigenvalue weighted by molar-refractivity contribution is 5.25. The lowest BCUT2D eigenvalue weighted by Crippen LogP contribution is -2.34. The van der Waals surface area contributed by atoms with Gasteiger partial charge in [-0.1, -0.05) is 36.8 Å². The third-order valence-electron chi connectivity index (χ3n) is 3.10. The van der Waals surface area contributed by atoms with Crippen molar-refractivity contribution in [2.45, 2.75) is 26.3 Å². The van der Waals surface area contributed by atoms with Gasteiger partial charge < -0.3 is 10.8 Å². The number of nitrogens with two attached hydrogens (primary N) is 1. The highest BCUT2D eigenvalue weighted by atomic mass is 16.3. The molecule has 1 aromatic rings. The lowest BCUT2D eigenvalue weighted by molar-refractivity contribution is 0.185. The maximum atomic E-state index is 8.92. The van der Waals surface area contributed by atoms with E-state index in [2.05, 4.69) is 43.0 Å². The maximum absolute atomic E-state index is 8.92. The van der Waals surface area contributed by atoms with Gasteiger partial charge in [-0.3, -0.25) is 4.90 Å². The van der Waals surface area contributed by atoms with Crippen molar-refractivity contribution in [2.75, 3.05) is 26.2 Å². The second-order valence-corrected chi connectivity index (χ2v) is 4.37. The first-order valence-corrected chi connectivity index (χ1v) is 6.34. The Morgan fingerprint density at radius 2 is 2.18 bits per heavy atom. The van der Waals surface area contributed by atoms with Crippen molar-refractivity contribution < 1.29 is 5.11 Å². The molecule has 0 spiro atoms. The minimum atomic E-state index is 0.238. The Balaban J connectivity index is 2.81. The van der Waals surface area contributed by atoms with Crippen LogP contribution in [0.4, 0.5) is 0 Å². The SMILES string of the molecule is CCN(CCCO)C(CN)c1cccc(C)c1. The molecule has 0 aliphatic carbocycles. The van der Waals surface area contributed by atoms with E-state index >= 15 is 0 Å². The van der Waals surface area contributed by atoms with Crippen LogP contribution in [0.25, 0.3) is 0 Å². The van der Waals surface area contributed by atoms with Gasteiger partial charge in [-0.15, -0.1) is 0 Å². The van der Waals surface area contributed by atoms with Gasteiger partial charge in [0.25, 0.3) is 0 Å². The monoisotopic (exact) mass is 236 g/mol. The Kier molecular flexibility index (Phi) is 6.19. The number of aliphatic hydroxyl groups is 1. The lowest BCUT2D eigenvalue weighted by atomic mass is 10.0. The Bertz CT molecular complexity index is 328. The van der Waals surface area contributed by atoms with E-state index in [1.165, 1.54) is 11.1 Å². The number of aliphatic hydroxyl groups excluding tert-OH is 1. The number of hydrogen-bond acceptors (Lipinski definition) is 3. The normalized spacial score (nSPS) is 13.0. The fourth-order valence-electron chi connectivity index (χ4n) is 2.18. The van der Waals surface area contributed by atoms with Gasteiger partial charge >= 0.3 is 0 Å². The van der Waals surface area contributed by atoms with Crippen molar-refractivity contribution in [2.24, 2.45) is 5.73 Å². The summed E-state index contributed by atoms with van der Waals surface area (Å²) < 4.78 is 0. The number of benzene rings is 1. The second-order valence-electron chi connectivity index (χ2n) is 4.37. The number of nitrogens with zero attached hydrogens (tertiary/aromatic N) is 1. The summed E-state index contributed by atoms with van der Waals surface area (Å²) in [5, 5.41) is 8.92. The summed E-state index contributed by atoms with van der Waals surface area (Å²) in [5.41, 5.74) is 8.43. The van der Waals surface area contributed by atoms with E-state index in [-0.39, 0.29) is 12.6 Å². The van der Waals surface area contributed by atoms with Gasteiger partial charge in [0.05, 0.1) is 0 Å². The van der Waals surface area contributed by atoms with Crippen molar-refractivity contribution >= 4 is 0 Å². The topological polar surface area (TPSA) is 49.5 Å². The van der Waals surface area contributed by atoms with E-state index in [0.29, 0.717) is 6.54 Å². The van der Waals surface area contributed by atoms with Crippen molar-refractivity contribution in [3.05, 3.63) is 35.4 Å². The van der Waals surface area contributed by atoms with Crippen LogP contribution in [0, 0.1) is 6.92 Å². The van der Waals surface area contributed by atoms with Gasteiger partial charge in [0.2, 0.25) is 0 Å². The van der Waals surface area contributed by atoms with Crippen LogP contribution in [-0.4, -0.2) is 36.2 Å². The fraction of sp³-hybridized carbons (Fsp3) is 0.571. The molecule has 1 atom stereocenters. The van der Waals surface area contributed by atoms with Crippen LogP contribution in [0.3, 0.4) is 0 Å². The molecular weight excluding hydrogens is 212 g/mol. The molecule has 1 rings (SSSR count). The van der Waals surface area contributed by atoms with E-state index in [4.69, 9.17) is 10.8 Å². The Labute approximate surface area is 104 Å². The fourth-order valence-corrected chi connectivity index (χ4v) is 2.18. The molecule has 0 heterocycles. The largest absolute Gasteiger partial charge is 0.396 e. The minimum absolute atomic E-state index is 0.238. The molecule has 17 heavy (non-hydrogen) atoms. The summed E-state index contributed by atoms with van der Waals surface area (Å²) in [4.78, 5) is 2.32. The van der Waals surface area contributed by atoms with Crippen LogP contribution < -0.4 is 5.73 Å². The molecule has 0 saturated heterocycles. The summed E-state index contributed by atoms with van der Waals surface area (Å²) in [5.74, 6) is 0. The number of likely N-dealkylation sites (N-methyl/N-ethyl adjacent to an activating group) is 1. The zero-order valence-electron chi connectivity index (χ0n) is 10.9. The van der Waals surface area contributed by atoms with Gasteiger partial charge in [-0.25, -0.2) is 0 Å². The Morgan fingerprint density at radius 3 is 2.71 bits per heavy atom. The summed E-state index contributed by atoms with van der Waals surface area (Å²) in [6, 6.07) is 8.76. The van der Waals surface area contributed by atoms with E-state index < -0.39 is 0 Å². The summed E-state index contributed by atoms with van der Waals surface area (Å²) >= 11 is 0. The van der Waals surface area contributed by atoms with E-state index in [9.17, 15) is 0 Å². The zero-order chi connectivity index (χ0) is 12.7. The molecule has 3 N–H and O–H groups in total. The van der Waals surface area contributed by atoms with Gasteiger partial charge in [-0.05, 0) is 25.5 Å². The van der Waals surface area contributed by atoms with Crippen molar-refractivity contribution in [1.82, 2.24) is 4.90 Å². The molecule has 1 aromatic carbocycles. The Morgan fingerprint density at radius 1 is 1.41 bits per heavy atom. The van der Waals surface area contributed by atoms with Gasteiger partial charge in [0, 0.05) is 25.7 Å². The van der Waals surface area contributed by atoms with Crippen LogP contribution in [0.5, 0.6) is 0 Å². The molecule has 3 heteroatoms. The smallest absolute Gasteiger partial charge is 0.0470 e. The predicted octanol–water partition coefficient (Wildman–Crippen LogP) is 1.70. The number of rotatable bonds is 7. The second kappa shape index (κ2) is 7.43. The summed E-state index contributed by atoms with van der Waals surface area (Å²) in [7, 11) is 0. The van der Waals surface area contributed by atoms with Crippen LogP contribution >= 0.6 is 0 Å². The first-order valence-electron chi connectivity index (χ1n) is 6.34. The molecule has 0 aliphatic rings.